The number of aryl methyl sites for hydroxylation is 2. The number of carbonyl (C=O) groups is 2. The van der Waals surface area contributed by atoms with E-state index in [-0.39, 0.29) is 24.2 Å². The molecular weight excluding hydrogens is 406 g/mol. The first kappa shape index (κ1) is 21.2. The molecule has 31 heavy (non-hydrogen) atoms. The number of hydrogen-bond donors (Lipinski definition) is 1. The van der Waals surface area contributed by atoms with Gasteiger partial charge in [0, 0.05) is 30.5 Å². The molecule has 2 heterocycles. The van der Waals surface area contributed by atoms with Gasteiger partial charge in [0.2, 0.25) is 11.8 Å². The maximum absolute atomic E-state index is 12.8. The summed E-state index contributed by atoms with van der Waals surface area (Å²) in [6, 6.07) is 16.3. The third-order valence-electron chi connectivity index (χ3n) is 5.71. The molecule has 0 spiro atoms. The second kappa shape index (κ2) is 9.43. The van der Waals surface area contributed by atoms with E-state index >= 15 is 0 Å². The lowest BCUT2D eigenvalue weighted by molar-refractivity contribution is -0.126. The molecule has 0 saturated carbocycles. The van der Waals surface area contributed by atoms with Gasteiger partial charge in [-0.05, 0) is 30.0 Å². The van der Waals surface area contributed by atoms with E-state index in [0.717, 1.165) is 40.4 Å². The van der Waals surface area contributed by atoms with Gasteiger partial charge in [-0.2, -0.15) is 0 Å². The molecular formula is C25H27N3O2S. The summed E-state index contributed by atoms with van der Waals surface area (Å²) < 4.78 is 0. The number of nitrogens with one attached hydrogen (secondary N) is 1. The van der Waals surface area contributed by atoms with Crippen LogP contribution in [0.15, 0.2) is 53.9 Å². The fourth-order valence-electron chi connectivity index (χ4n) is 4.09. The summed E-state index contributed by atoms with van der Waals surface area (Å²) in [6.07, 6.45) is 1.90. The molecule has 1 atom stereocenters. The molecule has 0 aliphatic carbocycles. The van der Waals surface area contributed by atoms with Gasteiger partial charge in [0.1, 0.15) is 0 Å². The van der Waals surface area contributed by atoms with Crippen LogP contribution in [0.5, 0.6) is 0 Å². The van der Waals surface area contributed by atoms with Crippen LogP contribution in [0.4, 0.5) is 5.69 Å². The Hall–Kier alpha value is -2.99. The lowest BCUT2D eigenvalue weighted by Crippen LogP contribution is -2.33. The molecule has 1 aliphatic rings. The van der Waals surface area contributed by atoms with Gasteiger partial charge >= 0.3 is 0 Å². The van der Waals surface area contributed by atoms with Crippen LogP contribution in [0, 0.1) is 12.8 Å². The second-order valence-electron chi connectivity index (χ2n) is 7.95. The molecule has 1 aliphatic heterocycles. The van der Waals surface area contributed by atoms with Crippen molar-refractivity contribution >= 4 is 28.8 Å². The Labute approximate surface area is 187 Å². The summed E-state index contributed by atoms with van der Waals surface area (Å²) in [5, 5.41) is 6.00. The molecule has 0 radical (unpaired) electrons. The Morgan fingerprint density at radius 2 is 2.00 bits per heavy atom. The largest absolute Gasteiger partial charge is 0.350 e. The minimum atomic E-state index is -0.334. The number of rotatable bonds is 7. The minimum absolute atomic E-state index is 0.0166. The van der Waals surface area contributed by atoms with Crippen molar-refractivity contribution in [2.75, 3.05) is 11.4 Å². The molecule has 0 bridgehead atoms. The first-order valence-corrected chi connectivity index (χ1v) is 11.6. The van der Waals surface area contributed by atoms with Crippen LogP contribution in [0.3, 0.4) is 0 Å². The summed E-state index contributed by atoms with van der Waals surface area (Å²) in [7, 11) is 0. The van der Waals surface area contributed by atoms with Crippen LogP contribution in [0.2, 0.25) is 0 Å². The number of anilines is 1. The van der Waals surface area contributed by atoms with Gasteiger partial charge < -0.3 is 10.2 Å². The molecule has 160 valence electrons. The summed E-state index contributed by atoms with van der Waals surface area (Å²) >= 11 is 1.61. The van der Waals surface area contributed by atoms with Crippen molar-refractivity contribution in [1.82, 2.24) is 10.3 Å². The number of amides is 2. The smallest absolute Gasteiger partial charge is 0.227 e. The van der Waals surface area contributed by atoms with Crippen LogP contribution in [0.1, 0.15) is 40.7 Å². The highest BCUT2D eigenvalue weighted by atomic mass is 32.1. The van der Waals surface area contributed by atoms with Gasteiger partial charge in [0.25, 0.3) is 0 Å². The molecule has 2 amide bonds. The third-order valence-corrected chi connectivity index (χ3v) is 6.61. The first-order chi connectivity index (χ1) is 15.0. The predicted molar refractivity (Wildman–Crippen MR) is 124 cm³/mol. The first-order valence-electron chi connectivity index (χ1n) is 10.7. The average molecular weight is 434 g/mol. The van der Waals surface area contributed by atoms with Crippen molar-refractivity contribution in [1.29, 1.82) is 0 Å². The van der Waals surface area contributed by atoms with Gasteiger partial charge in [-0.25, -0.2) is 4.98 Å². The van der Waals surface area contributed by atoms with Gasteiger partial charge in [0.15, 0.2) is 0 Å². The number of para-hydroxylation sites is 1. The summed E-state index contributed by atoms with van der Waals surface area (Å²) in [6.45, 7) is 4.92. The number of hydrogen-bond acceptors (Lipinski definition) is 4. The predicted octanol–water partition coefficient (Wildman–Crippen LogP) is 4.27. The molecule has 1 N–H and O–H groups in total. The lowest BCUT2D eigenvalue weighted by atomic mass is 10.0. The Kier molecular flexibility index (Phi) is 6.47. The summed E-state index contributed by atoms with van der Waals surface area (Å²) in [5.74, 6) is -0.401. The Morgan fingerprint density at radius 3 is 2.77 bits per heavy atom. The highest BCUT2D eigenvalue weighted by Crippen LogP contribution is 2.31. The van der Waals surface area contributed by atoms with E-state index < -0.39 is 0 Å². The van der Waals surface area contributed by atoms with Crippen LogP contribution >= 0.6 is 11.3 Å². The zero-order valence-corrected chi connectivity index (χ0v) is 18.7. The molecule has 5 nitrogen and oxygen atoms in total. The lowest BCUT2D eigenvalue weighted by Gasteiger charge is -2.22. The van der Waals surface area contributed by atoms with E-state index in [2.05, 4.69) is 35.4 Å². The van der Waals surface area contributed by atoms with Crippen molar-refractivity contribution in [2.45, 2.75) is 39.7 Å². The van der Waals surface area contributed by atoms with Crippen LogP contribution in [-0.2, 0) is 29.0 Å². The molecule has 1 aromatic heterocycles. The van der Waals surface area contributed by atoms with E-state index in [9.17, 15) is 9.59 Å². The number of carbonyl (C=O) groups excluding carboxylic acids is 2. The molecule has 1 fully saturated rings. The number of benzene rings is 2. The van der Waals surface area contributed by atoms with Crippen molar-refractivity contribution in [3.8, 4) is 0 Å². The summed E-state index contributed by atoms with van der Waals surface area (Å²) in [5.41, 5.74) is 5.26. The second-order valence-corrected chi connectivity index (χ2v) is 8.90. The fraction of sp³-hybridized carbons (Fsp3) is 0.320. The van der Waals surface area contributed by atoms with Crippen LogP contribution in [-0.4, -0.2) is 23.3 Å². The topological polar surface area (TPSA) is 62.3 Å². The fourth-order valence-corrected chi connectivity index (χ4v) is 4.92. The van der Waals surface area contributed by atoms with Gasteiger partial charge in [-0.3, -0.25) is 9.59 Å². The molecule has 4 rings (SSSR count). The summed E-state index contributed by atoms with van der Waals surface area (Å²) in [4.78, 5) is 31.9. The van der Waals surface area contributed by atoms with Crippen molar-refractivity contribution in [3.05, 3.63) is 81.3 Å². The van der Waals surface area contributed by atoms with E-state index in [0.29, 0.717) is 13.1 Å². The quantitative estimate of drug-likeness (QED) is 0.605. The average Bonchev–Trinajstić information content (AvgIpc) is 3.39. The van der Waals surface area contributed by atoms with Crippen LogP contribution in [0.25, 0.3) is 0 Å². The standard InChI is InChI=1S/C25H27N3O2S/c1-3-19-11-7-8-17(2)24(19)28-15-20(13-23(28)29)25(30)26-14-21-16-31-22(27-21)12-18-9-5-4-6-10-18/h4-11,16,20H,3,12-15H2,1-2H3,(H,26,30). The van der Waals surface area contributed by atoms with Crippen LogP contribution < -0.4 is 10.2 Å². The van der Waals surface area contributed by atoms with Gasteiger partial charge in [0.05, 0.1) is 23.2 Å². The van der Waals surface area contributed by atoms with Gasteiger partial charge in [-0.1, -0.05) is 55.5 Å². The van der Waals surface area contributed by atoms with Crippen molar-refractivity contribution in [3.63, 3.8) is 0 Å². The van der Waals surface area contributed by atoms with E-state index in [1.165, 1.54) is 5.56 Å². The number of thiazole rings is 1. The molecule has 1 saturated heterocycles. The normalized spacial score (nSPS) is 16.0. The monoisotopic (exact) mass is 433 g/mol. The van der Waals surface area contributed by atoms with Crippen molar-refractivity contribution < 1.29 is 9.59 Å². The maximum Gasteiger partial charge on any atom is 0.227 e. The third kappa shape index (κ3) is 4.85. The highest BCUT2D eigenvalue weighted by Gasteiger charge is 2.36. The minimum Gasteiger partial charge on any atom is -0.350 e. The molecule has 2 aromatic carbocycles. The maximum atomic E-state index is 12.8. The van der Waals surface area contributed by atoms with E-state index in [1.807, 2.05) is 42.6 Å². The Bertz CT molecular complexity index is 1080. The SMILES string of the molecule is CCc1cccc(C)c1N1CC(C(=O)NCc2csc(Cc3ccccc3)n2)CC1=O. The molecule has 6 heteroatoms. The number of nitrogens with zero attached hydrogens (tertiary/aromatic N) is 2. The van der Waals surface area contributed by atoms with Crippen molar-refractivity contribution in [2.24, 2.45) is 5.92 Å². The zero-order valence-electron chi connectivity index (χ0n) is 17.9. The van der Waals surface area contributed by atoms with Gasteiger partial charge in [-0.15, -0.1) is 11.3 Å². The Balaban J connectivity index is 1.36. The van der Waals surface area contributed by atoms with E-state index in [4.69, 9.17) is 0 Å². The molecule has 3 aromatic rings. The number of aromatic nitrogens is 1. The Morgan fingerprint density at radius 1 is 1.19 bits per heavy atom. The molecule has 1 unspecified atom stereocenters. The zero-order chi connectivity index (χ0) is 21.8. The van der Waals surface area contributed by atoms with E-state index in [1.54, 1.807) is 16.2 Å². The highest BCUT2D eigenvalue weighted by molar-refractivity contribution is 7.09.